The van der Waals surface area contributed by atoms with Crippen LogP contribution in [-0.4, -0.2) is 101 Å². The van der Waals surface area contributed by atoms with Crippen LogP contribution in [0.15, 0.2) is 103 Å². The molecular formula is C58H62F2N8O9. The molecule has 1 fully saturated rings. The van der Waals surface area contributed by atoms with Gasteiger partial charge in [-0.1, -0.05) is 49.4 Å². The lowest BCUT2D eigenvalue weighted by Crippen LogP contribution is -2.32. The third-order valence-corrected chi connectivity index (χ3v) is 13.3. The van der Waals surface area contributed by atoms with Crippen LogP contribution in [0.25, 0.3) is 44.4 Å². The van der Waals surface area contributed by atoms with Crippen LogP contribution in [0, 0.1) is 6.92 Å². The van der Waals surface area contributed by atoms with Crippen LogP contribution >= 0.6 is 0 Å². The third kappa shape index (κ3) is 13.0. The predicted molar refractivity (Wildman–Crippen MR) is 286 cm³/mol. The molecule has 2 aliphatic rings. The number of phenols is 1. The Hall–Kier alpha value is -8.00. The number of nitrogens with zero attached hydrogens (tertiary/aromatic N) is 3. The number of hydrogen-bond acceptors (Lipinski definition) is 14. The summed E-state index contributed by atoms with van der Waals surface area (Å²) in [7, 11) is 0. The molecule has 402 valence electrons. The van der Waals surface area contributed by atoms with Gasteiger partial charge in [0.2, 0.25) is 0 Å². The molecule has 0 spiro atoms. The van der Waals surface area contributed by atoms with Gasteiger partial charge >= 0.3 is 12.4 Å². The zero-order valence-corrected chi connectivity index (χ0v) is 43.6. The molecule has 1 saturated carbocycles. The number of ether oxygens (including phenoxy) is 5. The number of pyridine rings is 2. The Labute approximate surface area is 444 Å². The van der Waals surface area contributed by atoms with Crippen molar-refractivity contribution in [2.75, 3.05) is 51.4 Å². The number of Topliss-reactive ketones (excluding diaryl/α,β-unsaturated/α-hetero) is 1. The minimum Gasteiger partial charge on any atom is -0.508 e. The van der Waals surface area contributed by atoms with E-state index in [2.05, 4.69) is 53.9 Å². The van der Waals surface area contributed by atoms with Crippen molar-refractivity contribution < 1.29 is 52.0 Å². The smallest absolute Gasteiger partial charge is 0.508 e. The Morgan fingerprint density at radius 3 is 2.26 bits per heavy atom. The van der Waals surface area contributed by atoms with E-state index in [1.54, 1.807) is 48.7 Å². The minimum absolute atomic E-state index is 0.0275. The Kier molecular flexibility index (Phi) is 16.1. The highest BCUT2D eigenvalue weighted by atomic mass is 19.3. The van der Waals surface area contributed by atoms with Gasteiger partial charge < -0.3 is 50.1 Å². The van der Waals surface area contributed by atoms with Crippen molar-refractivity contribution in [2.45, 2.75) is 84.3 Å². The SMILES string of the molecule is CCc1c(-c2ccc3[nH]ncc3c2)c(CNCCOCCOCCNC(=O)c2cccc(-c3nc(NCC(=O)C4(c5ccc6c(c5)OC(F)(F)O6)CC4)ccc3C)c2)nc(CNC(=O)OC(C)(C)C)c1-c1ccc(O)cc1. The number of aromatic nitrogens is 4. The number of rotatable bonds is 23. The first-order valence-electron chi connectivity index (χ1n) is 25.6. The second-order valence-electron chi connectivity index (χ2n) is 19.9. The van der Waals surface area contributed by atoms with Crippen LogP contribution in [0.3, 0.4) is 0 Å². The fourth-order valence-electron chi connectivity index (χ4n) is 9.41. The van der Waals surface area contributed by atoms with E-state index in [-0.39, 0.29) is 55.2 Å². The summed E-state index contributed by atoms with van der Waals surface area (Å²) in [6, 6.07) is 28.4. The number of fused-ring (bicyclic) bond motifs is 2. The molecule has 0 atom stereocenters. The molecule has 3 aromatic heterocycles. The molecule has 0 bridgehead atoms. The van der Waals surface area contributed by atoms with Crippen molar-refractivity contribution in [2.24, 2.45) is 0 Å². The average molecular weight is 1050 g/mol. The normalized spacial score (nSPS) is 14.1. The van der Waals surface area contributed by atoms with Gasteiger partial charge in [0.25, 0.3) is 5.91 Å². The number of carbonyl (C=O) groups excluding carboxylic acids is 3. The number of alkyl carbamates (subject to hydrolysis) is 1. The third-order valence-electron chi connectivity index (χ3n) is 13.3. The maximum Gasteiger partial charge on any atom is 0.586 e. The van der Waals surface area contributed by atoms with E-state index in [4.69, 9.17) is 24.2 Å². The van der Waals surface area contributed by atoms with Crippen molar-refractivity contribution in [3.63, 3.8) is 0 Å². The van der Waals surface area contributed by atoms with E-state index < -0.39 is 23.4 Å². The first-order chi connectivity index (χ1) is 37.0. The summed E-state index contributed by atoms with van der Waals surface area (Å²) in [6.07, 6.45) is -0.688. The summed E-state index contributed by atoms with van der Waals surface area (Å²) in [5.74, 6) is 0.0811. The number of H-pyrrole nitrogens is 1. The van der Waals surface area contributed by atoms with Gasteiger partial charge in [-0.15, -0.1) is 8.78 Å². The molecule has 2 amide bonds. The van der Waals surface area contributed by atoms with Crippen molar-refractivity contribution >= 4 is 34.5 Å². The minimum atomic E-state index is -3.74. The monoisotopic (exact) mass is 1050 g/mol. The quantitative estimate of drug-likeness (QED) is 0.0329. The number of hydrogen-bond donors (Lipinski definition) is 6. The molecule has 17 nitrogen and oxygen atoms in total. The van der Waals surface area contributed by atoms with Gasteiger partial charge in [0.1, 0.15) is 17.2 Å². The van der Waals surface area contributed by atoms with Crippen LogP contribution < -0.4 is 30.7 Å². The van der Waals surface area contributed by atoms with Crippen LogP contribution in [0.2, 0.25) is 0 Å². The number of phenolic OH excluding ortho intramolecular Hbond substituents is 1. The van der Waals surface area contributed by atoms with Crippen molar-refractivity contribution in [1.82, 2.24) is 36.1 Å². The molecule has 4 aromatic carbocycles. The van der Waals surface area contributed by atoms with E-state index in [1.165, 1.54) is 12.1 Å². The predicted octanol–water partition coefficient (Wildman–Crippen LogP) is 9.54. The van der Waals surface area contributed by atoms with Gasteiger partial charge in [-0.2, -0.15) is 5.10 Å². The standard InChI is InChI=1S/C58H62F2N8O9/c1-6-43-51(36-11-15-42(69)16-12-36)46(33-64-55(72)77-56(3,4)5)66-45(52(43)37-13-17-44-40(28-37)31-65-68-44)32-61-22-24-73-26-27-74-25-23-62-54(71)39-9-7-8-38(29-39)53-35(2)10-19-50(67-53)63-34-49(70)57(20-21-57)41-14-18-47-48(30-41)76-58(59,60)75-47/h7-19,28-31,61,69H,6,20-27,32-34H2,1-5H3,(H,62,71)(H,63,67)(H,64,72)(H,65,68). The highest BCUT2D eigenvalue weighted by molar-refractivity contribution is 5.97. The summed E-state index contributed by atoms with van der Waals surface area (Å²) in [6.45, 7) is 12.0. The molecule has 1 aliphatic heterocycles. The van der Waals surface area contributed by atoms with E-state index in [0.717, 1.165) is 55.5 Å². The summed E-state index contributed by atoms with van der Waals surface area (Å²) < 4.78 is 53.6. The molecule has 0 radical (unpaired) electrons. The van der Waals surface area contributed by atoms with E-state index in [9.17, 15) is 28.3 Å². The van der Waals surface area contributed by atoms with Crippen LogP contribution in [0.1, 0.15) is 79.0 Å². The summed E-state index contributed by atoms with van der Waals surface area (Å²) >= 11 is 0. The lowest BCUT2D eigenvalue weighted by Gasteiger charge is -2.23. The number of aromatic amines is 1. The maximum absolute atomic E-state index is 13.6. The second-order valence-corrected chi connectivity index (χ2v) is 19.9. The van der Waals surface area contributed by atoms with Gasteiger partial charge in [-0.3, -0.25) is 19.7 Å². The Balaban J connectivity index is 0.747. The number of benzene rings is 4. The van der Waals surface area contributed by atoms with Crippen molar-refractivity contribution in [1.29, 1.82) is 0 Å². The van der Waals surface area contributed by atoms with Gasteiger partial charge in [-0.05, 0) is 129 Å². The number of carbonyl (C=O) groups is 3. The molecule has 9 rings (SSSR count). The Morgan fingerprint density at radius 2 is 1.51 bits per heavy atom. The molecule has 0 unspecified atom stereocenters. The van der Waals surface area contributed by atoms with Crippen LogP contribution in [0.5, 0.6) is 17.2 Å². The van der Waals surface area contributed by atoms with Crippen molar-refractivity contribution in [3.8, 4) is 50.8 Å². The number of aromatic hydroxyl groups is 1. The number of halogens is 2. The summed E-state index contributed by atoms with van der Waals surface area (Å²) in [4.78, 5) is 49.6. The number of amides is 2. The second kappa shape index (κ2) is 23.1. The summed E-state index contributed by atoms with van der Waals surface area (Å²) in [5, 5.41) is 30.8. The largest absolute Gasteiger partial charge is 0.586 e. The molecule has 19 heteroatoms. The van der Waals surface area contributed by atoms with Gasteiger partial charge in [0.15, 0.2) is 17.3 Å². The number of anilines is 1. The molecule has 1 aliphatic carbocycles. The number of ketones is 1. The lowest BCUT2D eigenvalue weighted by molar-refractivity contribution is -0.286. The number of aryl methyl sites for hydroxylation is 1. The zero-order chi connectivity index (χ0) is 54.3. The van der Waals surface area contributed by atoms with Crippen LogP contribution in [0.4, 0.5) is 19.4 Å². The number of nitrogens with one attached hydrogen (secondary N) is 5. The van der Waals surface area contributed by atoms with Gasteiger partial charge in [-0.25, -0.2) is 9.78 Å². The lowest BCUT2D eigenvalue weighted by atomic mass is 9.87. The topological polar surface area (TPSA) is 220 Å². The molecule has 4 heterocycles. The van der Waals surface area contributed by atoms with Gasteiger partial charge in [0, 0.05) is 47.3 Å². The van der Waals surface area contributed by atoms with Crippen LogP contribution in [-0.2, 0) is 43.9 Å². The van der Waals surface area contributed by atoms with Crippen molar-refractivity contribution in [3.05, 3.63) is 137 Å². The highest BCUT2D eigenvalue weighted by Gasteiger charge is 2.52. The molecular weight excluding hydrogens is 991 g/mol. The van der Waals surface area contributed by atoms with E-state index in [1.807, 2.05) is 64.1 Å². The fraction of sp³-hybridized carbons (Fsp3) is 0.345. The van der Waals surface area contributed by atoms with E-state index >= 15 is 0 Å². The Morgan fingerprint density at radius 1 is 0.779 bits per heavy atom. The maximum atomic E-state index is 13.6. The molecule has 77 heavy (non-hydrogen) atoms. The summed E-state index contributed by atoms with van der Waals surface area (Å²) in [5.41, 5.74) is 8.82. The number of alkyl halides is 2. The first-order valence-corrected chi connectivity index (χ1v) is 25.6. The Bertz CT molecular complexity index is 3280. The van der Waals surface area contributed by atoms with E-state index in [0.29, 0.717) is 80.5 Å². The fourth-order valence-corrected chi connectivity index (χ4v) is 9.41. The zero-order valence-electron chi connectivity index (χ0n) is 43.6. The highest BCUT2D eigenvalue weighted by Crippen LogP contribution is 2.52. The molecule has 7 aromatic rings. The van der Waals surface area contributed by atoms with Gasteiger partial charge in [0.05, 0.1) is 73.7 Å². The molecule has 0 saturated heterocycles. The first kappa shape index (κ1) is 53.8. The average Bonchev–Trinajstić information content (AvgIpc) is 4.04. The molecule has 6 N–H and O–H groups in total.